The number of hydrogen-bond acceptors (Lipinski definition) is 7. The molecule has 3 aliphatic carbocycles. The zero-order chi connectivity index (χ0) is 28.0. The number of fused-ring (bicyclic) bond motifs is 5. The van der Waals surface area contributed by atoms with E-state index in [-0.39, 0.29) is 85.9 Å². The number of likely N-dealkylation sites (N-methyl/N-ethyl adjacent to an activating group) is 1. The third-order valence-corrected chi connectivity index (χ3v) is 12.4. The first-order chi connectivity index (χ1) is 16.9. The third-order valence-electron chi connectivity index (χ3n) is 12.4. The average molecular weight is 749 g/mol. The first-order valence-corrected chi connectivity index (χ1v) is 14.3. The summed E-state index contributed by atoms with van der Waals surface area (Å²) in [5.74, 6) is -1.05. The van der Waals surface area contributed by atoms with Gasteiger partial charge in [-0.2, -0.15) is 0 Å². The molecule has 1 aliphatic heterocycles. The van der Waals surface area contributed by atoms with Crippen LogP contribution in [0.2, 0.25) is 0 Å². The number of esters is 1. The van der Waals surface area contributed by atoms with Gasteiger partial charge in [0.2, 0.25) is 0 Å². The Labute approximate surface area is 265 Å². The molecule has 38 heavy (non-hydrogen) atoms. The summed E-state index contributed by atoms with van der Waals surface area (Å²) in [6.45, 7) is 21.4. The minimum atomic E-state index is -1.31. The van der Waals surface area contributed by atoms with Gasteiger partial charge in [0.05, 0.1) is 18.3 Å². The number of carbonyl (C=O) groups is 1. The second-order valence-electron chi connectivity index (χ2n) is 13.9. The van der Waals surface area contributed by atoms with Gasteiger partial charge in [0.1, 0.15) is 11.7 Å². The smallest absolute Gasteiger partial charge is 0.337 e. The molecule has 3 fully saturated rings. The summed E-state index contributed by atoms with van der Waals surface area (Å²) in [6, 6.07) is -0.462. The Morgan fingerprint density at radius 2 is 1.66 bits per heavy atom. The van der Waals surface area contributed by atoms with Gasteiger partial charge in [-0.25, -0.2) is 4.79 Å². The fraction of sp³-hybridized carbons (Fsp3) is 0.900. The van der Waals surface area contributed by atoms with Crippen LogP contribution in [0.1, 0.15) is 75.7 Å². The molecule has 1 saturated heterocycles. The number of aliphatic hydroxyl groups is 3. The predicted molar refractivity (Wildman–Crippen MR) is 143 cm³/mol. The summed E-state index contributed by atoms with van der Waals surface area (Å²) in [4.78, 5) is 13.1. The molecule has 7 nitrogen and oxygen atoms in total. The first kappa shape index (κ1) is 33.0. The standard InChI is InChI=1S/C30H51NO6.Ac/c1-14-12-21-29(34,13-36-21)25-19(6)30(35)18(5)24(37-26(33)23(32)20(7)31-11)16(3)22(27(30,8)9)15(2)17(4)28(14,25)10;/h14-15,17-21,23-25,31-32,34-35H,12-13H2,1-11H3;/t14-,15?,17?,18-,19-,20?,21?,23?,24?,25?,28-,29?,30?;/m0./s1. The molecule has 4 aliphatic rings. The number of hydrogen-bond donors (Lipinski definition) is 4. The number of carbonyl (C=O) groups excluding carboxylic acids is 1. The Bertz CT molecular complexity index is 970. The van der Waals surface area contributed by atoms with E-state index < -0.39 is 46.8 Å². The van der Waals surface area contributed by atoms with Crippen LogP contribution in [-0.4, -0.2) is 70.5 Å². The van der Waals surface area contributed by atoms with Crippen LogP contribution in [0.3, 0.4) is 0 Å². The number of ether oxygens (including phenoxy) is 2. The average Bonchev–Trinajstić information content (AvgIpc) is 2.84. The summed E-state index contributed by atoms with van der Waals surface area (Å²) in [6.07, 6.45) is -1.40. The third kappa shape index (κ3) is 4.12. The van der Waals surface area contributed by atoms with Gasteiger partial charge in [-0.05, 0) is 62.0 Å². The van der Waals surface area contributed by atoms with Crippen molar-refractivity contribution >= 4 is 5.97 Å². The summed E-state index contributed by atoms with van der Waals surface area (Å²) in [5, 5.41) is 38.6. The van der Waals surface area contributed by atoms with Crippen LogP contribution in [0.25, 0.3) is 0 Å². The van der Waals surface area contributed by atoms with Gasteiger partial charge in [-0.3, -0.25) is 0 Å². The molecule has 0 amide bonds. The Balaban J connectivity index is 0.00000400. The summed E-state index contributed by atoms with van der Waals surface area (Å²) in [5.41, 5.74) is -1.03. The van der Waals surface area contributed by atoms with E-state index >= 15 is 0 Å². The molecule has 0 spiro atoms. The molecule has 2 bridgehead atoms. The van der Waals surface area contributed by atoms with Crippen LogP contribution in [0.4, 0.5) is 0 Å². The molecule has 1 heterocycles. The quantitative estimate of drug-likeness (QED) is 0.259. The molecule has 13 atom stereocenters. The van der Waals surface area contributed by atoms with Crippen molar-refractivity contribution in [3.05, 3.63) is 11.1 Å². The van der Waals surface area contributed by atoms with E-state index in [4.69, 9.17) is 9.47 Å². The molecular formula is C30H51AcNO6. The van der Waals surface area contributed by atoms with E-state index in [0.717, 1.165) is 17.6 Å². The van der Waals surface area contributed by atoms with Crippen LogP contribution in [0.5, 0.6) is 0 Å². The SMILES string of the molecule is CNC(C)C(O)C(=O)OC1C(C)=C2C(C)C(C)[C@@]3(C)C([C@H](C)C(O)([C@H]1C)C2(C)C)C1(O)COC1C[C@@H]3C.[Ac]. The zero-order valence-corrected chi connectivity index (χ0v) is 30.1. The summed E-state index contributed by atoms with van der Waals surface area (Å²) in [7, 11) is 1.69. The fourth-order valence-corrected chi connectivity index (χ4v) is 9.80. The van der Waals surface area contributed by atoms with Crippen molar-refractivity contribution in [2.45, 2.75) is 111 Å². The van der Waals surface area contributed by atoms with Gasteiger partial charge >= 0.3 is 5.97 Å². The molecule has 8 heteroatoms. The van der Waals surface area contributed by atoms with Gasteiger partial charge in [-0.1, -0.05) is 61.0 Å². The number of nitrogens with one attached hydrogen (secondary N) is 1. The number of rotatable bonds is 4. The normalized spacial score (nSPS) is 49.2. The van der Waals surface area contributed by atoms with Crippen molar-refractivity contribution in [2.75, 3.05) is 13.7 Å². The van der Waals surface area contributed by atoms with E-state index in [2.05, 4.69) is 53.8 Å². The van der Waals surface area contributed by atoms with E-state index in [1.807, 2.05) is 13.8 Å². The Morgan fingerprint density at radius 3 is 2.16 bits per heavy atom. The van der Waals surface area contributed by atoms with Gasteiger partial charge in [0.25, 0.3) is 0 Å². The molecule has 4 rings (SSSR count). The first-order valence-electron chi connectivity index (χ1n) is 14.3. The molecule has 0 aromatic rings. The van der Waals surface area contributed by atoms with Crippen LogP contribution < -0.4 is 5.32 Å². The Morgan fingerprint density at radius 1 is 1.08 bits per heavy atom. The fourth-order valence-electron chi connectivity index (χ4n) is 9.80. The Kier molecular flexibility index (Phi) is 9.21. The maximum Gasteiger partial charge on any atom is 0.337 e. The molecule has 2 saturated carbocycles. The molecule has 215 valence electrons. The van der Waals surface area contributed by atoms with Gasteiger partial charge < -0.3 is 30.1 Å². The van der Waals surface area contributed by atoms with Gasteiger partial charge in [-0.15, -0.1) is 0 Å². The molecule has 0 aromatic carbocycles. The maximum atomic E-state index is 13.1. The topological polar surface area (TPSA) is 108 Å². The van der Waals surface area contributed by atoms with Crippen molar-refractivity contribution in [2.24, 2.45) is 46.3 Å². The van der Waals surface area contributed by atoms with Crippen LogP contribution in [0, 0.1) is 90.4 Å². The molecule has 1 radical (unpaired) electrons. The van der Waals surface area contributed by atoms with Crippen molar-refractivity contribution < 1.29 is 73.7 Å². The zero-order valence-electron chi connectivity index (χ0n) is 25.3. The molecule has 9 unspecified atom stereocenters. The van der Waals surface area contributed by atoms with Gasteiger partial charge in [0.15, 0.2) is 6.10 Å². The summed E-state index contributed by atoms with van der Waals surface area (Å²) < 4.78 is 12.0. The van der Waals surface area contributed by atoms with Crippen molar-refractivity contribution in [3.8, 4) is 0 Å². The minimum Gasteiger partial charge on any atom is -0.455 e. The van der Waals surface area contributed by atoms with Crippen LogP contribution in [-0.2, 0) is 14.3 Å². The van der Waals surface area contributed by atoms with E-state index in [0.29, 0.717) is 5.92 Å². The van der Waals surface area contributed by atoms with E-state index in [9.17, 15) is 20.1 Å². The minimum absolute atomic E-state index is 0. The summed E-state index contributed by atoms with van der Waals surface area (Å²) >= 11 is 0. The maximum absolute atomic E-state index is 13.1. The predicted octanol–water partition coefficient (Wildman–Crippen LogP) is 3.30. The largest absolute Gasteiger partial charge is 0.455 e. The van der Waals surface area contributed by atoms with Crippen LogP contribution in [0.15, 0.2) is 11.1 Å². The van der Waals surface area contributed by atoms with Crippen molar-refractivity contribution in [1.82, 2.24) is 5.32 Å². The molecule has 4 N–H and O–H groups in total. The van der Waals surface area contributed by atoms with E-state index in [1.54, 1.807) is 14.0 Å². The Hall–Kier alpha value is 0.452. The van der Waals surface area contributed by atoms with E-state index in [1.165, 1.54) is 0 Å². The van der Waals surface area contributed by atoms with Crippen LogP contribution >= 0.6 is 0 Å². The van der Waals surface area contributed by atoms with Gasteiger partial charge in [0, 0.05) is 67.4 Å². The second kappa shape index (κ2) is 10.6. The van der Waals surface area contributed by atoms with Crippen molar-refractivity contribution in [3.63, 3.8) is 0 Å². The second-order valence-corrected chi connectivity index (χ2v) is 13.9. The molecular weight excluding hydrogens is 697 g/mol. The van der Waals surface area contributed by atoms with Crippen molar-refractivity contribution in [1.29, 1.82) is 0 Å². The monoisotopic (exact) mass is 748 g/mol. The molecule has 0 aromatic heterocycles. The number of aliphatic hydroxyl groups excluding tert-OH is 1.